The minimum Gasteiger partial charge on any atom is -0.396 e. The van der Waals surface area contributed by atoms with Crippen LogP contribution in [-0.4, -0.2) is 21.3 Å². The molecule has 1 aromatic carbocycles. The first-order valence-corrected chi connectivity index (χ1v) is 6.20. The van der Waals surface area contributed by atoms with Gasteiger partial charge in [-0.15, -0.1) is 0 Å². The normalized spacial score (nSPS) is 25.2. The molecule has 0 unspecified atom stereocenters. The number of nitrogens with zero attached hydrogens (tertiary/aromatic N) is 2. The Bertz CT molecular complexity index is 653. The van der Waals surface area contributed by atoms with Gasteiger partial charge in [-0.25, -0.2) is 4.79 Å². The van der Waals surface area contributed by atoms with Crippen LogP contribution in [0.3, 0.4) is 0 Å². The van der Waals surface area contributed by atoms with Gasteiger partial charge in [-0.3, -0.25) is 4.57 Å². The van der Waals surface area contributed by atoms with Crippen molar-refractivity contribution < 1.29 is 5.11 Å². The summed E-state index contributed by atoms with van der Waals surface area (Å²) >= 11 is 0. The lowest BCUT2D eigenvalue weighted by Gasteiger charge is -2.20. The summed E-state index contributed by atoms with van der Waals surface area (Å²) in [6.07, 6.45) is 2.40. The predicted molar refractivity (Wildman–Crippen MR) is 71.6 cm³/mol. The zero-order valence-electron chi connectivity index (χ0n) is 10.4. The average Bonchev–Trinajstić information content (AvgIpc) is 3.15. The molecule has 3 N–H and O–H groups in total. The molecular weight excluding hydrogens is 242 g/mol. The van der Waals surface area contributed by atoms with Gasteiger partial charge in [0.15, 0.2) is 0 Å². The third-order valence-electron chi connectivity index (χ3n) is 3.82. The van der Waals surface area contributed by atoms with Crippen LogP contribution >= 0.6 is 0 Å². The van der Waals surface area contributed by atoms with Gasteiger partial charge < -0.3 is 10.8 Å². The maximum absolute atomic E-state index is 12.1. The summed E-state index contributed by atoms with van der Waals surface area (Å²) in [5.41, 5.74) is 5.69. The highest BCUT2D eigenvalue weighted by molar-refractivity contribution is 5.35. The van der Waals surface area contributed by atoms with Crippen molar-refractivity contribution in [3.05, 3.63) is 58.6 Å². The summed E-state index contributed by atoms with van der Waals surface area (Å²) < 4.78 is 1.58. The van der Waals surface area contributed by atoms with Crippen molar-refractivity contribution in [1.29, 1.82) is 0 Å². The molecule has 0 spiro atoms. The molecule has 0 radical (unpaired) electrons. The van der Waals surface area contributed by atoms with E-state index in [-0.39, 0.29) is 24.0 Å². The molecule has 0 saturated heterocycles. The third-order valence-corrected chi connectivity index (χ3v) is 3.82. The second kappa shape index (κ2) is 4.20. The van der Waals surface area contributed by atoms with Gasteiger partial charge >= 0.3 is 5.69 Å². The topological polar surface area (TPSA) is 81.1 Å². The van der Waals surface area contributed by atoms with Crippen LogP contribution in [0.25, 0.3) is 0 Å². The predicted octanol–water partition coefficient (Wildman–Crippen LogP) is 0.581. The number of hydrogen-bond donors (Lipinski definition) is 2. The minimum absolute atomic E-state index is 0.0398. The van der Waals surface area contributed by atoms with Gasteiger partial charge in [0.25, 0.3) is 0 Å². The summed E-state index contributed by atoms with van der Waals surface area (Å²) in [6.45, 7) is 0.0473. The van der Waals surface area contributed by atoms with Crippen molar-refractivity contribution in [3.63, 3.8) is 0 Å². The summed E-state index contributed by atoms with van der Waals surface area (Å²) in [6, 6.07) is 11.3. The first-order valence-electron chi connectivity index (χ1n) is 6.20. The standard InChI is InChI=1S/C14H15N3O2/c15-12-6-7-17(13(19)16-12)14(8-11(14)9-18)10-4-2-1-3-5-10/h1-7,11,18H,8-9H2,(H2,15,16,19)/t11-,14+/m1/s1. The monoisotopic (exact) mass is 257 g/mol. The number of hydrogen-bond acceptors (Lipinski definition) is 4. The number of benzene rings is 1. The van der Waals surface area contributed by atoms with E-state index < -0.39 is 5.54 Å². The van der Waals surface area contributed by atoms with E-state index in [0.29, 0.717) is 0 Å². The van der Waals surface area contributed by atoms with E-state index in [1.54, 1.807) is 16.8 Å². The summed E-state index contributed by atoms with van der Waals surface area (Å²) in [5, 5.41) is 9.45. The van der Waals surface area contributed by atoms with E-state index in [1.807, 2.05) is 30.3 Å². The molecule has 1 aromatic heterocycles. The van der Waals surface area contributed by atoms with Crippen molar-refractivity contribution in [1.82, 2.24) is 9.55 Å². The molecule has 2 atom stereocenters. The van der Waals surface area contributed by atoms with Gasteiger partial charge in [0.05, 0.1) is 5.54 Å². The molecule has 1 saturated carbocycles. The quantitative estimate of drug-likeness (QED) is 0.842. The Morgan fingerprint density at radius 3 is 2.68 bits per heavy atom. The lowest BCUT2D eigenvalue weighted by molar-refractivity contribution is 0.256. The molecule has 0 aliphatic heterocycles. The first kappa shape index (κ1) is 11.9. The number of aliphatic hydroxyl groups is 1. The van der Waals surface area contributed by atoms with Gasteiger partial charge in [0.2, 0.25) is 0 Å². The lowest BCUT2D eigenvalue weighted by atomic mass is 10.0. The van der Waals surface area contributed by atoms with Crippen molar-refractivity contribution in [2.45, 2.75) is 12.0 Å². The van der Waals surface area contributed by atoms with Crippen LogP contribution in [0.5, 0.6) is 0 Å². The maximum atomic E-state index is 12.1. The highest BCUT2D eigenvalue weighted by Gasteiger charge is 2.57. The fraction of sp³-hybridized carbons (Fsp3) is 0.286. The Balaban J connectivity index is 2.16. The molecule has 0 bridgehead atoms. The first-order chi connectivity index (χ1) is 9.18. The van der Waals surface area contributed by atoms with E-state index >= 15 is 0 Å². The molecular formula is C14H15N3O2. The van der Waals surface area contributed by atoms with Gasteiger partial charge in [0.1, 0.15) is 5.82 Å². The molecule has 3 rings (SSSR count). The van der Waals surface area contributed by atoms with Crippen molar-refractivity contribution in [2.75, 3.05) is 12.3 Å². The van der Waals surface area contributed by atoms with Crippen molar-refractivity contribution >= 4 is 5.82 Å². The van der Waals surface area contributed by atoms with Crippen LogP contribution in [0, 0.1) is 5.92 Å². The SMILES string of the molecule is Nc1ccn([C@]2(c3ccccc3)C[C@@H]2CO)c(=O)n1. The molecule has 1 aliphatic carbocycles. The third kappa shape index (κ3) is 1.74. The molecule has 98 valence electrons. The molecule has 1 fully saturated rings. The zero-order valence-corrected chi connectivity index (χ0v) is 10.4. The van der Waals surface area contributed by atoms with Crippen molar-refractivity contribution in [3.8, 4) is 0 Å². The van der Waals surface area contributed by atoms with E-state index in [0.717, 1.165) is 12.0 Å². The highest BCUT2D eigenvalue weighted by Crippen LogP contribution is 2.54. The van der Waals surface area contributed by atoms with Crippen LogP contribution in [0.2, 0.25) is 0 Å². The lowest BCUT2D eigenvalue weighted by Crippen LogP contribution is -2.35. The second-order valence-corrected chi connectivity index (χ2v) is 4.88. The minimum atomic E-state index is -0.478. The molecule has 2 aromatic rings. The van der Waals surface area contributed by atoms with Gasteiger partial charge in [0, 0.05) is 18.7 Å². The van der Waals surface area contributed by atoms with E-state index in [2.05, 4.69) is 4.98 Å². The fourth-order valence-corrected chi connectivity index (χ4v) is 2.77. The van der Waals surface area contributed by atoms with E-state index in [4.69, 9.17) is 5.73 Å². The van der Waals surface area contributed by atoms with Crippen LogP contribution in [0.1, 0.15) is 12.0 Å². The summed E-state index contributed by atoms with van der Waals surface area (Å²) in [5.74, 6) is 0.253. The van der Waals surface area contributed by atoms with Gasteiger partial charge in [-0.05, 0) is 18.1 Å². The number of aromatic nitrogens is 2. The van der Waals surface area contributed by atoms with E-state index in [9.17, 15) is 9.90 Å². The number of anilines is 1. The smallest absolute Gasteiger partial charge is 0.350 e. The second-order valence-electron chi connectivity index (χ2n) is 4.88. The van der Waals surface area contributed by atoms with Crippen LogP contribution in [0.15, 0.2) is 47.4 Å². The van der Waals surface area contributed by atoms with Crippen LogP contribution in [0.4, 0.5) is 5.82 Å². The van der Waals surface area contributed by atoms with Crippen molar-refractivity contribution in [2.24, 2.45) is 5.92 Å². The number of nitrogens with two attached hydrogens (primary N) is 1. The average molecular weight is 257 g/mol. The zero-order chi connectivity index (χ0) is 13.5. The van der Waals surface area contributed by atoms with Gasteiger partial charge in [-0.2, -0.15) is 4.98 Å². The maximum Gasteiger partial charge on any atom is 0.350 e. The Labute approximate surface area is 110 Å². The molecule has 1 aliphatic rings. The van der Waals surface area contributed by atoms with Crippen LogP contribution < -0.4 is 11.4 Å². The Hall–Kier alpha value is -2.14. The number of aliphatic hydroxyl groups excluding tert-OH is 1. The number of nitrogen functional groups attached to an aromatic ring is 1. The largest absolute Gasteiger partial charge is 0.396 e. The Kier molecular flexibility index (Phi) is 2.64. The summed E-state index contributed by atoms with van der Waals surface area (Å²) in [4.78, 5) is 15.8. The molecule has 19 heavy (non-hydrogen) atoms. The molecule has 5 heteroatoms. The fourth-order valence-electron chi connectivity index (χ4n) is 2.77. The van der Waals surface area contributed by atoms with Crippen LogP contribution in [-0.2, 0) is 5.54 Å². The number of rotatable bonds is 3. The molecule has 1 heterocycles. The summed E-state index contributed by atoms with van der Waals surface area (Å²) in [7, 11) is 0. The molecule has 0 amide bonds. The van der Waals surface area contributed by atoms with Gasteiger partial charge in [-0.1, -0.05) is 30.3 Å². The highest BCUT2D eigenvalue weighted by atomic mass is 16.3. The Morgan fingerprint density at radius 2 is 2.11 bits per heavy atom. The molecule has 5 nitrogen and oxygen atoms in total. The van der Waals surface area contributed by atoms with E-state index in [1.165, 1.54) is 0 Å². The Morgan fingerprint density at radius 1 is 1.37 bits per heavy atom.